The average molecular weight is 257 g/mol. The Kier molecular flexibility index (Phi) is 3.31. The maximum Gasteiger partial charge on any atom is 0.109 e. The van der Waals surface area contributed by atoms with E-state index in [0.29, 0.717) is 12.0 Å². The van der Waals surface area contributed by atoms with Crippen molar-refractivity contribution < 1.29 is 0 Å². The highest BCUT2D eigenvalue weighted by Crippen LogP contribution is 2.30. The van der Waals surface area contributed by atoms with Crippen LogP contribution < -0.4 is 5.73 Å². The fourth-order valence-electron chi connectivity index (χ4n) is 3.37. The summed E-state index contributed by atoms with van der Waals surface area (Å²) >= 11 is 0. The molecule has 2 N–H and O–H groups in total. The summed E-state index contributed by atoms with van der Waals surface area (Å²) in [5.74, 6) is 2.56. The van der Waals surface area contributed by atoms with Gasteiger partial charge in [0.15, 0.2) is 0 Å². The van der Waals surface area contributed by atoms with Gasteiger partial charge in [-0.3, -0.25) is 0 Å². The predicted octanol–water partition coefficient (Wildman–Crippen LogP) is 2.88. The minimum absolute atomic E-state index is 0.344. The van der Waals surface area contributed by atoms with Crippen LogP contribution in [0.15, 0.2) is 24.3 Å². The molecule has 3 rings (SSSR count). The molecule has 1 fully saturated rings. The van der Waals surface area contributed by atoms with Crippen molar-refractivity contribution in [1.82, 2.24) is 9.55 Å². The van der Waals surface area contributed by atoms with Gasteiger partial charge in [-0.05, 0) is 43.2 Å². The Morgan fingerprint density at radius 3 is 2.89 bits per heavy atom. The van der Waals surface area contributed by atoms with Crippen LogP contribution in [0.2, 0.25) is 0 Å². The molecule has 1 aromatic carbocycles. The van der Waals surface area contributed by atoms with Crippen LogP contribution in [0.5, 0.6) is 0 Å². The second-order valence-corrected chi connectivity index (χ2v) is 6.12. The van der Waals surface area contributed by atoms with Crippen molar-refractivity contribution >= 4 is 11.0 Å². The number of imidazole rings is 1. The summed E-state index contributed by atoms with van der Waals surface area (Å²) in [6, 6.07) is 8.68. The van der Waals surface area contributed by atoms with E-state index in [2.05, 4.69) is 36.7 Å². The standard InChI is InChI=1S/C16H23N3/c1-11-7-8-13(17)12(9-11)10-16-18-14-5-3-4-6-15(14)19(16)2/h3-6,11-13H,7-10,17H2,1-2H3. The summed E-state index contributed by atoms with van der Waals surface area (Å²) in [5.41, 5.74) is 8.61. The molecule has 102 valence electrons. The maximum absolute atomic E-state index is 6.30. The molecule has 0 aliphatic heterocycles. The van der Waals surface area contributed by atoms with E-state index in [1.807, 2.05) is 6.07 Å². The van der Waals surface area contributed by atoms with Crippen molar-refractivity contribution in [2.24, 2.45) is 24.6 Å². The van der Waals surface area contributed by atoms with Crippen molar-refractivity contribution in [3.8, 4) is 0 Å². The Balaban J connectivity index is 1.86. The van der Waals surface area contributed by atoms with Crippen LogP contribution in [0.25, 0.3) is 11.0 Å². The van der Waals surface area contributed by atoms with Gasteiger partial charge in [-0.1, -0.05) is 19.1 Å². The van der Waals surface area contributed by atoms with Crippen LogP contribution in [0.3, 0.4) is 0 Å². The van der Waals surface area contributed by atoms with Gasteiger partial charge in [0.25, 0.3) is 0 Å². The first kappa shape index (κ1) is 12.7. The zero-order valence-corrected chi connectivity index (χ0v) is 11.8. The first-order valence-corrected chi connectivity index (χ1v) is 7.31. The summed E-state index contributed by atoms with van der Waals surface area (Å²) in [7, 11) is 2.11. The van der Waals surface area contributed by atoms with Gasteiger partial charge < -0.3 is 10.3 Å². The third-order valence-corrected chi connectivity index (χ3v) is 4.63. The molecular formula is C16H23N3. The highest BCUT2D eigenvalue weighted by molar-refractivity contribution is 5.75. The van der Waals surface area contributed by atoms with Gasteiger partial charge in [0.2, 0.25) is 0 Å². The Hall–Kier alpha value is -1.35. The molecule has 2 aromatic rings. The van der Waals surface area contributed by atoms with E-state index in [-0.39, 0.29) is 0 Å². The SMILES string of the molecule is CC1CCC(N)C(Cc2nc3ccccc3n2C)C1. The second-order valence-electron chi connectivity index (χ2n) is 6.12. The molecule has 1 aromatic heterocycles. The number of para-hydroxylation sites is 2. The minimum Gasteiger partial charge on any atom is -0.331 e. The van der Waals surface area contributed by atoms with Crippen LogP contribution in [0, 0.1) is 11.8 Å². The van der Waals surface area contributed by atoms with Crippen molar-refractivity contribution in [3.05, 3.63) is 30.1 Å². The van der Waals surface area contributed by atoms with Crippen molar-refractivity contribution in [2.45, 2.75) is 38.6 Å². The van der Waals surface area contributed by atoms with Gasteiger partial charge in [-0.25, -0.2) is 4.98 Å². The van der Waals surface area contributed by atoms with Crippen LogP contribution in [-0.2, 0) is 13.5 Å². The number of aromatic nitrogens is 2. The molecular weight excluding hydrogens is 234 g/mol. The van der Waals surface area contributed by atoms with Gasteiger partial charge >= 0.3 is 0 Å². The molecule has 0 amide bonds. The predicted molar refractivity (Wildman–Crippen MR) is 78.9 cm³/mol. The largest absolute Gasteiger partial charge is 0.331 e. The Morgan fingerprint density at radius 2 is 2.11 bits per heavy atom. The van der Waals surface area contributed by atoms with E-state index >= 15 is 0 Å². The van der Waals surface area contributed by atoms with Gasteiger partial charge in [-0.15, -0.1) is 0 Å². The third kappa shape index (κ3) is 2.39. The smallest absolute Gasteiger partial charge is 0.109 e. The fraction of sp³-hybridized carbons (Fsp3) is 0.562. The lowest BCUT2D eigenvalue weighted by Crippen LogP contribution is -2.37. The number of benzene rings is 1. The number of hydrogen-bond donors (Lipinski definition) is 1. The van der Waals surface area contributed by atoms with E-state index in [0.717, 1.165) is 24.3 Å². The quantitative estimate of drug-likeness (QED) is 0.899. The van der Waals surface area contributed by atoms with Crippen LogP contribution in [0.4, 0.5) is 0 Å². The number of rotatable bonds is 2. The molecule has 0 radical (unpaired) electrons. The Morgan fingerprint density at radius 1 is 1.32 bits per heavy atom. The fourth-order valence-corrected chi connectivity index (χ4v) is 3.37. The van der Waals surface area contributed by atoms with Gasteiger partial charge in [0.1, 0.15) is 5.82 Å². The summed E-state index contributed by atoms with van der Waals surface area (Å²) in [5, 5.41) is 0. The van der Waals surface area contributed by atoms with Gasteiger partial charge in [0.05, 0.1) is 11.0 Å². The lowest BCUT2D eigenvalue weighted by atomic mass is 9.77. The second kappa shape index (κ2) is 4.97. The van der Waals surface area contributed by atoms with E-state index in [4.69, 9.17) is 10.7 Å². The van der Waals surface area contributed by atoms with Crippen LogP contribution in [0.1, 0.15) is 32.0 Å². The van der Waals surface area contributed by atoms with Crippen molar-refractivity contribution in [3.63, 3.8) is 0 Å². The molecule has 3 unspecified atom stereocenters. The van der Waals surface area contributed by atoms with Crippen LogP contribution in [-0.4, -0.2) is 15.6 Å². The molecule has 1 aliphatic rings. The van der Waals surface area contributed by atoms with E-state index < -0.39 is 0 Å². The number of nitrogens with two attached hydrogens (primary N) is 1. The van der Waals surface area contributed by atoms with Crippen LogP contribution >= 0.6 is 0 Å². The number of fused-ring (bicyclic) bond motifs is 1. The molecule has 3 heteroatoms. The van der Waals surface area contributed by atoms with E-state index in [9.17, 15) is 0 Å². The average Bonchev–Trinajstić information content (AvgIpc) is 2.72. The van der Waals surface area contributed by atoms with E-state index in [1.54, 1.807) is 0 Å². The van der Waals surface area contributed by atoms with E-state index in [1.165, 1.54) is 24.2 Å². The molecule has 3 nitrogen and oxygen atoms in total. The number of aryl methyl sites for hydroxylation is 1. The zero-order valence-electron chi connectivity index (χ0n) is 11.8. The highest BCUT2D eigenvalue weighted by atomic mass is 15.1. The summed E-state index contributed by atoms with van der Waals surface area (Å²) in [4.78, 5) is 4.77. The first-order valence-electron chi connectivity index (χ1n) is 7.31. The molecule has 1 aliphatic carbocycles. The highest BCUT2D eigenvalue weighted by Gasteiger charge is 2.27. The third-order valence-electron chi connectivity index (χ3n) is 4.63. The molecule has 19 heavy (non-hydrogen) atoms. The maximum atomic E-state index is 6.30. The zero-order chi connectivity index (χ0) is 13.4. The topological polar surface area (TPSA) is 43.8 Å². The Labute approximate surface area is 114 Å². The number of hydrogen-bond acceptors (Lipinski definition) is 2. The summed E-state index contributed by atoms with van der Waals surface area (Å²) in [6.45, 7) is 2.34. The van der Waals surface area contributed by atoms with Gasteiger partial charge in [0, 0.05) is 19.5 Å². The summed E-state index contributed by atoms with van der Waals surface area (Å²) in [6.07, 6.45) is 4.69. The molecule has 3 atom stereocenters. The minimum atomic E-state index is 0.344. The lowest BCUT2D eigenvalue weighted by molar-refractivity contribution is 0.241. The number of nitrogens with zero attached hydrogens (tertiary/aromatic N) is 2. The molecule has 1 heterocycles. The first-order chi connectivity index (χ1) is 9.15. The monoisotopic (exact) mass is 257 g/mol. The molecule has 1 saturated carbocycles. The lowest BCUT2D eigenvalue weighted by Gasteiger charge is -2.32. The van der Waals surface area contributed by atoms with Gasteiger partial charge in [-0.2, -0.15) is 0 Å². The molecule has 0 spiro atoms. The van der Waals surface area contributed by atoms with Crippen molar-refractivity contribution in [2.75, 3.05) is 0 Å². The van der Waals surface area contributed by atoms with Crippen molar-refractivity contribution in [1.29, 1.82) is 0 Å². The molecule has 0 bridgehead atoms. The summed E-state index contributed by atoms with van der Waals surface area (Å²) < 4.78 is 2.22. The Bertz CT molecular complexity index is 572. The normalized spacial score (nSPS) is 27.8. The molecule has 0 saturated heterocycles.